The average molecular weight is 2490 g/mol. The van der Waals surface area contributed by atoms with E-state index in [0.29, 0.717) is 24.7 Å². The van der Waals surface area contributed by atoms with Gasteiger partial charge in [0.1, 0.15) is 0 Å². The fourth-order valence-electron chi connectivity index (χ4n) is 11.4. The molecular formula is C104H108Ir5N5O6-5. The van der Waals surface area contributed by atoms with Crippen LogP contribution in [-0.4, -0.2) is 57.6 Å². The van der Waals surface area contributed by atoms with Crippen LogP contribution < -0.4 is 0 Å². The first-order valence-corrected chi connectivity index (χ1v) is 38.6. The topological polar surface area (TPSA) is 176 Å². The normalized spacial score (nSPS) is 10.4. The Kier molecular flexibility index (Phi) is 52.7. The Morgan fingerprint density at radius 1 is 0.367 bits per heavy atom. The minimum absolute atomic E-state index is 0. The molecule has 0 amide bonds. The molecule has 5 radical (unpaired) electrons. The molecule has 8 aromatic carbocycles. The fourth-order valence-corrected chi connectivity index (χ4v) is 11.4. The number of benzene rings is 8. The smallest absolute Gasteiger partial charge is 0.159 e. The van der Waals surface area contributed by atoms with E-state index in [0.717, 1.165) is 62.7 Å². The van der Waals surface area contributed by atoms with Gasteiger partial charge in [-0.2, -0.15) is 0 Å². The van der Waals surface area contributed by atoms with E-state index in [1.807, 2.05) is 205 Å². The molecular weight excluding hydrogens is 2380 g/mol. The second-order valence-corrected chi connectivity index (χ2v) is 29.4. The second-order valence-electron chi connectivity index (χ2n) is 29.4. The third kappa shape index (κ3) is 41.6. The molecule has 0 saturated heterocycles. The number of hydrogen-bond acceptors (Lipinski definition) is 11. The van der Waals surface area contributed by atoms with Gasteiger partial charge in [-0.15, -0.1) is 179 Å². The van der Waals surface area contributed by atoms with Crippen LogP contribution in [0.25, 0.3) is 89.7 Å². The first-order valence-electron chi connectivity index (χ1n) is 38.6. The van der Waals surface area contributed by atoms with Gasteiger partial charge in [0.15, 0.2) is 17.3 Å². The van der Waals surface area contributed by atoms with Crippen LogP contribution in [0.5, 0.6) is 0 Å². The van der Waals surface area contributed by atoms with Crippen molar-refractivity contribution in [3.05, 3.63) is 379 Å². The SMILES string of the molecule is CC(=O)C=C(C)O.CC(=O)C=C(C)O.CC(C)(C)c1ccnc(-c2[c-]cccc2)c1.CC(C)CC(=O)C=C(O)CC(C)C.CCc1cc(-c2[c-]cccc2)ncc1-c1ccccc1.Cc1cc(C)cc(-c2ccnc(-c3[c-]cccc3)c2)c1.Cc1ccc(-c2[c-]cccc2)nc1.Cc1ccc(-c2ccnc(-c3[c-]cccc3)c2)cc1.[Ir].[Ir].[Ir].[Ir].[Ir]. The molecule has 13 rings (SSSR count). The molecule has 16 heteroatoms. The number of pyridine rings is 5. The molecule has 0 aliphatic rings. The summed E-state index contributed by atoms with van der Waals surface area (Å²) in [6.07, 6.45) is 15.2. The zero-order valence-corrected chi connectivity index (χ0v) is 83.0. The Hall–Kier alpha value is -9.61. The number of hydrogen-bond donors (Lipinski definition) is 3. The van der Waals surface area contributed by atoms with Crippen molar-refractivity contribution in [2.75, 3.05) is 0 Å². The van der Waals surface area contributed by atoms with Gasteiger partial charge in [-0.25, -0.2) is 0 Å². The van der Waals surface area contributed by atoms with Gasteiger partial charge in [-0.05, 0) is 170 Å². The molecule has 120 heavy (non-hydrogen) atoms. The summed E-state index contributed by atoms with van der Waals surface area (Å²) in [4.78, 5) is 53.4. The molecule has 0 fully saturated rings. The van der Waals surface area contributed by atoms with E-state index in [1.165, 1.54) is 113 Å². The zero-order valence-electron chi connectivity index (χ0n) is 71.0. The molecule has 0 aliphatic carbocycles. The van der Waals surface area contributed by atoms with E-state index in [9.17, 15) is 19.5 Å². The number of carbonyl (C=O) groups excluding carboxylic acids is 3. The molecule has 635 valence electrons. The summed E-state index contributed by atoms with van der Waals surface area (Å²) in [6.45, 7) is 30.9. The van der Waals surface area contributed by atoms with Crippen molar-refractivity contribution < 1.29 is 130 Å². The summed E-state index contributed by atoms with van der Waals surface area (Å²) in [5.41, 5.74) is 25.1. The largest absolute Gasteiger partial charge is 0.512 e. The Morgan fingerprint density at radius 3 is 1.12 bits per heavy atom. The molecule has 0 spiro atoms. The minimum Gasteiger partial charge on any atom is -0.512 e. The molecule has 5 aromatic heterocycles. The van der Waals surface area contributed by atoms with Crippen molar-refractivity contribution in [2.45, 2.75) is 135 Å². The number of allylic oxidation sites excluding steroid dienone is 6. The minimum atomic E-state index is -0.125. The van der Waals surface area contributed by atoms with Crippen LogP contribution in [0.3, 0.4) is 0 Å². The first-order chi connectivity index (χ1) is 55.0. The third-order valence-electron chi connectivity index (χ3n) is 16.8. The number of aromatic nitrogens is 5. The van der Waals surface area contributed by atoms with Crippen molar-refractivity contribution in [2.24, 2.45) is 11.8 Å². The van der Waals surface area contributed by atoms with Crippen molar-refractivity contribution in [3.8, 4) is 89.7 Å². The van der Waals surface area contributed by atoms with Gasteiger partial charge in [0.25, 0.3) is 0 Å². The van der Waals surface area contributed by atoms with Gasteiger partial charge in [0, 0.05) is 168 Å². The van der Waals surface area contributed by atoms with Crippen LogP contribution in [-0.2, 0) is 127 Å². The number of aliphatic hydroxyl groups excluding tert-OH is 3. The van der Waals surface area contributed by atoms with Gasteiger partial charge >= 0.3 is 0 Å². The van der Waals surface area contributed by atoms with Gasteiger partial charge in [0.2, 0.25) is 0 Å². The van der Waals surface area contributed by atoms with Crippen LogP contribution in [0.4, 0.5) is 0 Å². The molecule has 0 bridgehead atoms. The molecule has 5 heterocycles. The van der Waals surface area contributed by atoms with Crippen molar-refractivity contribution in [1.29, 1.82) is 0 Å². The van der Waals surface area contributed by atoms with Crippen molar-refractivity contribution in [1.82, 2.24) is 24.9 Å². The Bertz CT molecular complexity index is 5150. The van der Waals surface area contributed by atoms with Crippen molar-refractivity contribution >= 4 is 17.3 Å². The maximum Gasteiger partial charge on any atom is 0.159 e. The maximum absolute atomic E-state index is 11.2. The monoisotopic (exact) mass is 2490 g/mol. The Balaban J connectivity index is 0.000000696. The average Bonchev–Trinajstić information content (AvgIpc) is 0.819. The summed E-state index contributed by atoms with van der Waals surface area (Å²) in [7, 11) is 0. The number of ketones is 3. The Labute approximate surface area is 781 Å². The standard InChI is InChI=1S/2C19H16N.C18H14N.C15H16N.C12H10N.C11H20O2.2C5H8O2.5Ir/c1-14-10-15(2)12-18(11-14)17-8-9-20-19(13-17)16-6-4-3-5-7-16;1-2-15-13-19(17-11-7-4-8-12-17)20-14-18(15)16-9-5-3-6-10-16;1-14-7-9-15(10-8-14)17-11-12-19-18(13-17)16-5-3-2-4-6-16;1-15(2,3)13-9-10-16-14(11-13)12-7-5-4-6-8-12;1-10-7-8-12(13-9-10)11-5-3-2-4-6-11;1-8(2)5-10(12)7-11(13)6-9(3)4;2*1-4(6)3-5(2)7;;;;;/h3-6,8-13H,1-2H3;3-11,13-14H,2H2,1H3;2-5,7-13H,1H3;4-7,9-11H,1-3H3;2-5,7-9H,1H3;7-9,12H,5-6H2,1-4H3;2*3,6H,1-2H3;;;;;/q5*-1;;;;;;;;. The van der Waals surface area contributed by atoms with E-state index in [-0.39, 0.29) is 141 Å². The van der Waals surface area contributed by atoms with E-state index in [1.54, 1.807) is 0 Å². The van der Waals surface area contributed by atoms with E-state index in [4.69, 9.17) is 10.2 Å². The first kappa shape index (κ1) is 108. The zero-order chi connectivity index (χ0) is 83.7. The number of aliphatic hydroxyl groups is 3. The fraction of sp³-hybridized carbons (Fsp3) is 0.212. The van der Waals surface area contributed by atoms with Crippen molar-refractivity contribution in [3.63, 3.8) is 0 Å². The molecule has 11 nitrogen and oxygen atoms in total. The van der Waals surface area contributed by atoms with Gasteiger partial charge in [-0.1, -0.05) is 181 Å². The quantitative estimate of drug-likeness (QED) is 0.0477. The van der Waals surface area contributed by atoms with Crippen LogP contribution in [0.1, 0.15) is 129 Å². The van der Waals surface area contributed by atoms with Crippen LogP contribution >= 0.6 is 0 Å². The van der Waals surface area contributed by atoms with E-state index in [2.05, 4.69) is 213 Å². The molecule has 0 aliphatic heterocycles. The van der Waals surface area contributed by atoms with Gasteiger partial charge < -0.3 is 40.2 Å². The van der Waals surface area contributed by atoms with Gasteiger partial charge in [-0.3, -0.25) is 14.4 Å². The number of nitrogens with zero attached hydrogens (tertiary/aromatic N) is 5. The number of rotatable bonds is 16. The molecule has 0 unspecified atom stereocenters. The van der Waals surface area contributed by atoms with Crippen LogP contribution in [0.15, 0.2) is 315 Å². The second kappa shape index (κ2) is 58.4. The molecule has 3 N–H and O–H groups in total. The summed E-state index contributed by atoms with van der Waals surface area (Å²) in [5.74, 6) is 0.854. The Morgan fingerprint density at radius 2 is 0.750 bits per heavy atom. The van der Waals surface area contributed by atoms with Crippen LogP contribution in [0.2, 0.25) is 0 Å². The van der Waals surface area contributed by atoms with Crippen LogP contribution in [0, 0.1) is 69.9 Å². The molecule has 0 atom stereocenters. The maximum atomic E-state index is 11.2. The number of aryl methyl sites for hydroxylation is 5. The summed E-state index contributed by atoms with van der Waals surface area (Å²) < 4.78 is 0. The molecule has 13 aromatic rings. The van der Waals surface area contributed by atoms with E-state index < -0.39 is 0 Å². The summed E-state index contributed by atoms with van der Waals surface area (Å²) in [6, 6.07) is 100.0. The summed E-state index contributed by atoms with van der Waals surface area (Å²) >= 11 is 0. The molecule has 0 saturated carbocycles. The van der Waals surface area contributed by atoms with Gasteiger partial charge in [0.05, 0.1) is 17.3 Å². The van der Waals surface area contributed by atoms with E-state index >= 15 is 0 Å². The number of carbonyl (C=O) groups is 3. The predicted molar refractivity (Wildman–Crippen MR) is 475 cm³/mol. The summed E-state index contributed by atoms with van der Waals surface area (Å²) in [5, 5.41) is 26.1. The predicted octanol–water partition coefficient (Wildman–Crippen LogP) is 26.0. The third-order valence-corrected chi connectivity index (χ3v) is 16.8.